The fourth-order valence-corrected chi connectivity index (χ4v) is 3.44. The molecule has 4 rings (SSSR count). The highest BCUT2D eigenvalue weighted by atomic mass is 35.5. The van der Waals surface area contributed by atoms with Crippen molar-refractivity contribution < 1.29 is 4.74 Å². The van der Waals surface area contributed by atoms with Crippen LogP contribution in [0.5, 0.6) is 5.75 Å². The molecular weight excluding hydrogens is 364 g/mol. The minimum atomic E-state index is -0.0498. The van der Waals surface area contributed by atoms with Crippen molar-refractivity contribution in [2.24, 2.45) is 0 Å². The number of hydrogen-bond donors (Lipinski definition) is 0. The molecule has 7 heteroatoms. The van der Waals surface area contributed by atoms with E-state index in [0.717, 1.165) is 44.3 Å². The number of ether oxygens (including phenoxy) is 1. The number of halogens is 1. The predicted octanol–water partition coefficient (Wildman–Crippen LogP) is 2.55. The molecule has 1 aliphatic heterocycles. The minimum Gasteiger partial charge on any atom is -0.491 e. The second-order valence-electron chi connectivity index (χ2n) is 6.49. The first kappa shape index (κ1) is 17.8. The smallest absolute Gasteiger partial charge is 0.259 e. The zero-order valence-electron chi connectivity index (χ0n) is 14.9. The average Bonchev–Trinajstić information content (AvgIpc) is 2.70. The highest BCUT2D eigenvalue weighted by molar-refractivity contribution is 6.32. The summed E-state index contributed by atoms with van der Waals surface area (Å²) >= 11 is 6.11. The third kappa shape index (κ3) is 4.07. The van der Waals surface area contributed by atoms with E-state index in [1.807, 2.05) is 42.5 Å². The molecule has 6 nitrogen and oxygen atoms in total. The number of para-hydroxylation sites is 1. The highest BCUT2D eigenvalue weighted by Crippen LogP contribution is 2.23. The summed E-state index contributed by atoms with van der Waals surface area (Å²) in [6, 6.07) is 14.7. The zero-order chi connectivity index (χ0) is 18.6. The van der Waals surface area contributed by atoms with Crippen LogP contribution in [-0.2, 0) is 0 Å². The number of rotatable bonds is 5. The molecule has 1 aromatic carbocycles. The Morgan fingerprint density at radius 2 is 1.81 bits per heavy atom. The first-order valence-corrected chi connectivity index (χ1v) is 9.41. The van der Waals surface area contributed by atoms with E-state index < -0.39 is 0 Å². The Balaban J connectivity index is 1.33. The number of piperazine rings is 1. The first-order valence-electron chi connectivity index (χ1n) is 9.04. The molecule has 0 unspecified atom stereocenters. The molecule has 0 saturated carbocycles. The minimum absolute atomic E-state index is 0.0498. The van der Waals surface area contributed by atoms with E-state index in [4.69, 9.17) is 16.3 Å². The van der Waals surface area contributed by atoms with Crippen LogP contribution in [0.3, 0.4) is 0 Å². The van der Waals surface area contributed by atoms with Gasteiger partial charge in [0.1, 0.15) is 23.8 Å². The van der Waals surface area contributed by atoms with Crippen molar-refractivity contribution in [3.8, 4) is 5.75 Å². The van der Waals surface area contributed by atoms with Crippen molar-refractivity contribution in [2.45, 2.75) is 0 Å². The van der Waals surface area contributed by atoms with Crippen LogP contribution in [-0.4, -0.2) is 53.6 Å². The summed E-state index contributed by atoms with van der Waals surface area (Å²) in [6.07, 6.45) is 1.74. The second-order valence-corrected chi connectivity index (χ2v) is 6.90. The molecular formula is C20H21ClN4O2. The van der Waals surface area contributed by atoms with Gasteiger partial charge in [-0.15, -0.1) is 0 Å². The van der Waals surface area contributed by atoms with Crippen LogP contribution in [0.1, 0.15) is 0 Å². The summed E-state index contributed by atoms with van der Waals surface area (Å²) in [5.41, 5.74) is 0.627. The maximum Gasteiger partial charge on any atom is 0.259 e. The van der Waals surface area contributed by atoms with E-state index in [1.165, 1.54) is 0 Å². The van der Waals surface area contributed by atoms with E-state index in [-0.39, 0.29) is 5.56 Å². The predicted molar refractivity (Wildman–Crippen MR) is 107 cm³/mol. The lowest BCUT2D eigenvalue weighted by Gasteiger charge is -2.35. The van der Waals surface area contributed by atoms with Crippen LogP contribution in [0.2, 0.25) is 5.02 Å². The molecule has 3 heterocycles. The maximum atomic E-state index is 12.3. The number of benzene rings is 1. The van der Waals surface area contributed by atoms with Crippen molar-refractivity contribution >= 4 is 23.1 Å². The van der Waals surface area contributed by atoms with Crippen molar-refractivity contribution in [1.82, 2.24) is 14.3 Å². The Labute approximate surface area is 162 Å². The number of pyridine rings is 1. The Morgan fingerprint density at radius 1 is 1.04 bits per heavy atom. The molecule has 1 saturated heterocycles. The zero-order valence-corrected chi connectivity index (χ0v) is 15.7. The number of nitrogens with zero attached hydrogens (tertiary/aromatic N) is 4. The number of aromatic nitrogens is 2. The molecule has 0 spiro atoms. The normalized spacial score (nSPS) is 15.2. The number of hydrogen-bond acceptors (Lipinski definition) is 5. The summed E-state index contributed by atoms with van der Waals surface area (Å²) < 4.78 is 7.33. The second kappa shape index (κ2) is 7.98. The van der Waals surface area contributed by atoms with Gasteiger partial charge in [-0.25, -0.2) is 4.98 Å². The van der Waals surface area contributed by atoms with Gasteiger partial charge in [0.05, 0.1) is 5.02 Å². The van der Waals surface area contributed by atoms with Crippen LogP contribution in [0.25, 0.3) is 5.65 Å². The summed E-state index contributed by atoms with van der Waals surface area (Å²) in [7, 11) is 0. The van der Waals surface area contributed by atoms with Gasteiger partial charge >= 0.3 is 0 Å². The Morgan fingerprint density at radius 3 is 2.63 bits per heavy atom. The van der Waals surface area contributed by atoms with Crippen molar-refractivity contribution in [3.63, 3.8) is 0 Å². The molecule has 0 N–H and O–H groups in total. The monoisotopic (exact) mass is 384 g/mol. The van der Waals surface area contributed by atoms with Crippen LogP contribution < -0.4 is 15.2 Å². The summed E-state index contributed by atoms with van der Waals surface area (Å²) in [5, 5.41) is 0.635. The van der Waals surface area contributed by atoms with Gasteiger partial charge < -0.3 is 9.64 Å². The lowest BCUT2D eigenvalue weighted by atomic mass is 10.3. The summed E-state index contributed by atoms with van der Waals surface area (Å²) in [4.78, 5) is 21.4. The third-order valence-corrected chi connectivity index (χ3v) is 5.07. The average molecular weight is 385 g/mol. The maximum absolute atomic E-state index is 12.3. The first-order chi connectivity index (χ1) is 13.2. The Bertz CT molecular complexity index is 983. The molecule has 0 amide bonds. The van der Waals surface area contributed by atoms with E-state index in [2.05, 4.69) is 14.8 Å². The fourth-order valence-electron chi connectivity index (χ4n) is 3.25. The van der Waals surface area contributed by atoms with Crippen molar-refractivity contribution in [2.75, 3.05) is 44.2 Å². The standard InChI is InChI=1S/C20H21ClN4O2/c21-16-5-1-2-6-17(16)27-14-13-23-9-11-24(12-10-23)19-15-20(26)25-8-4-3-7-18(25)22-19/h1-8,15H,9-14H2. The molecule has 0 aliphatic carbocycles. The Kier molecular flexibility index (Phi) is 5.27. The SMILES string of the molecule is O=c1cc(N2CCN(CCOc3ccccc3Cl)CC2)nc2ccccn12. The van der Waals surface area contributed by atoms with Crippen molar-refractivity contribution in [3.05, 3.63) is 70.1 Å². The van der Waals surface area contributed by atoms with E-state index in [1.54, 1.807) is 16.7 Å². The van der Waals surface area contributed by atoms with Gasteiger partial charge in [0, 0.05) is 45.0 Å². The largest absolute Gasteiger partial charge is 0.491 e. The van der Waals surface area contributed by atoms with Gasteiger partial charge in [-0.2, -0.15) is 0 Å². The van der Waals surface area contributed by atoms with E-state index in [0.29, 0.717) is 17.3 Å². The molecule has 0 bridgehead atoms. The van der Waals surface area contributed by atoms with Crippen LogP contribution in [0, 0.1) is 0 Å². The molecule has 3 aromatic rings. The highest BCUT2D eigenvalue weighted by Gasteiger charge is 2.19. The van der Waals surface area contributed by atoms with Gasteiger partial charge in [0.25, 0.3) is 5.56 Å². The fraction of sp³-hybridized carbons (Fsp3) is 0.300. The van der Waals surface area contributed by atoms with E-state index in [9.17, 15) is 4.79 Å². The lowest BCUT2D eigenvalue weighted by Crippen LogP contribution is -2.48. The molecule has 2 aromatic heterocycles. The van der Waals surface area contributed by atoms with Gasteiger partial charge in [-0.3, -0.25) is 14.1 Å². The van der Waals surface area contributed by atoms with Crippen LogP contribution in [0.15, 0.2) is 59.5 Å². The van der Waals surface area contributed by atoms with Crippen LogP contribution in [0.4, 0.5) is 5.82 Å². The summed E-state index contributed by atoms with van der Waals surface area (Å²) in [5.74, 6) is 1.47. The molecule has 1 aliphatic rings. The van der Waals surface area contributed by atoms with Crippen molar-refractivity contribution in [1.29, 1.82) is 0 Å². The van der Waals surface area contributed by atoms with Crippen LogP contribution >= 0.6 is 11.6 Å². The van der Waals surface area contributed by atoms with Gasteiger partial charge in [0.2, 0.25) is 0 Å². The number of anilines is 1. The van der Waals surface area contributed by atoms with Gasteiger partial charge in [0.15, 0.2) is 0 Å². The quantitative estimate of drug-likeness (QED) is 0.676. The third-order valence-electron chi connectivity index (χ3n) is 4.76. The van der Waals surface area contributed by atoms with Gasteiger partial charge in [-0.1, -0.05) is 29.8 Å². The Hall–Kier alpha value is -2.57. The number of fused-ring (bicyclic) bond motifs is 1. The van der Waals surface area contributed by atoms with E-state index >= 15 is 0 Å². The molecule has 0 radical (unpaired) electrons. The lowest BCUT2D eigenvalue weighted by molar-refractivity contribution is 0.200. The van der Waals surface area contributed by atoms with Gasteiger partial charge in [-0.05, 0) is 24.3 Å². The molecule has 140 valence electrons. The topological polar surface area (TPSA) is 50.1 Å². The molecule has 27 heavy (non-hydrogen) atoms. The summed E-state index contributed by atoms with van der Waals surface area (Å²) in [6.45, 7) is 4.92. The molecule has 1 fully saturated rings. The molecule has 0 atom stereocenters.